The fourth-order valence-electron chi connectivity index (χ4n) is 5.60. The summed E-state index contributed by atoms with van der Waals surface area (Å²) in [6.45, 7) is 10.5. The molecule has 224 valence electrons. The molecular weight excluding hydrogens is 527 g/mol. The van der Waals surface area contributed by atoms with Gasteiger partial charge in [0.15, 0.2) is 0 Å². The Kier molecular flexibility index (Phi) is 10.0. The molecule has 3 rings (SSSR count). The number of ether oxygens (including phenoxy) is 2. The number of piperidine rings is 1. The number of carbonyl (C=O) groups is 3. The number of hydrogen-bond acceptors (Lipinski definition) is 5. The molecule has 2 aliphatic heterocycles. The molecular formula is C29H42F3N3O5. The highest BCUT2D eigenvalue weighted by atomic mass is 19.4. The second-order valence-electron chi connectivity index (χ2n) is 12.5. The Morgan fingerprint density at radius 3 is 2.25 bits per heavy atom. The number of rotatable bonds is 7. The SMILES string of the molecule is CC(C)(C)OC(=O)N1C[C@@H](CCC(NC(=O)C(F)(F)F)C2CCN(C(=O)OCc3ccccc3)CC2)CC1(C)C. The number of carbonyl (C=O) groups excluding carboxylic acids is 3. The zero-order valence-corrected chi connectivity index (χ0v) is 24.1. The molecule has 2 aliphatic rings. The van der Waals surface area contributed by atoms with Crippen LogP contribution in [-0.2, 0) is 20.9 Å². The zero-order chi connectivity index (χ0) is 29.7. The van der Waals surface area contributed by atoms with E-state index in [4.69, 9.17) is 9.47 Å². The predicted molar refractivity (Wildman–Crippen MR) is 143 cm³/mol. The smallest absolute Gasteiger partial charge is 0.445 e. The minimum Gasteiger partial charge on any atom is -0.445 e. The van der Waals surface area contributed by atoms with Gasteiger partial charge in [0, 0.05) is 31.2 Å². The Labute approximate surface area is 234 Å². The zero-order valence-electron chi connectivity index (χ0n) is 24.1. The van der Waals surface area contributed by atoms with E-state index in [0.29, 0.717) is 51.7 Å². The van der Waals surface area contributed by atoms with Gasteiger partial charge in [-0.15, -0.1) is 0 Å². The maximum Gasteiger partial charge on any atom is 0.471 e. The molecule has 1 aromatic carbocycles. The summed E-state index contributed by atoms with van der Waals surface area (Å²) in [5, 5.41) is 2.22. The van der Waals surface area contributed by atoms with E-state index in [1.807, 2.05) is 44.2 Å². The summed E-state index contributed by atoms with van der Waals surface area (Å²) in [6.07, 6.45) is -3.39. The van der Waals surface area contributed by atoms with Gasteiger partial charge >= 0.3 is 24.3 Å². The first-order valence-corrected chi connectivity index (χ1v) is 13.9. The lowest BCUT2D eigenvalue weighted by atomic mass is 9.84. The van der Waals surface area contributed by atoms with Crippen molar-refractivity contribution < 1.29 is 37.0 Å². The first-order valence-electron chi connectivity index (χ1n) is 13.9. The van der Waals surface area contributed by atoms with Gasteiger partial charge in [-0.05, 0) is 84.1 Å². The van der Waals surface area contributed by atoms with Crippen molar-refractivity contribution in [3.63, 3.8) is 0 Å². The highest BCUT2D eigenvalue weighted by Gasteiger charge is 2.44. The molecule has 0 radical (unpaired) electrons. The maximum atomic E-state index is 13.1. The van der Waals surface area contributed by atoms with Crippen molar-refractivity contribution in [3.05, 3.63) is 35.9 Å². The average molecular weight is 570 g/mol. The molecule has 2 saturated heterocycles. The Morgan fingerprint density at radius 2 is 1.68 bits per heavy atom. The molecule has 8 nitrogen and oxygen atoms in total. The summed E-state index contributed by atoms with van der Waals surface area (Å²) in [4.78, 5) is 40.4. The van der Waals surface area contributed by atoms with Crippen molar-refractivity contribution in [1.82, 2.24) is 15.1 Å². The van der Waals surface area contributed by atoms with Gasteiger partial charge in [-0.1, -0.05) is 30.3 Å². The lowest BCUT2D eigenvalue weighted by molar-refractivity contribution is -0.175. The highest BCUT2D eigenvalue weighted by molar-refractivity contribution is 5.82. The summed E-state index contributed by atoms with van der Waals surface area (Å²) >= 11 is 0. The van der Waals surface area contributed by atoms with E-state index in [1.165, 1.54) is 0 Å². The lowest BCUT2D eigenvalue weighted by Crippen LogP contribution is -2.50. The Hall–Kier alpha value is -2.98. The largest absolute Gasteiger partial charge is 0.471 e. The van der Waals surface area contributed by atoms with Gasteiger partial charge < -0.3 is 24.6 Å². The van der Waals surface area contributed by atoms with Crippen LogP contribution in [0.3, 0.4) is 0 Å². The Balaban J connectivity index is 1.58. The number of nitrogens with one attached hydrogen (secondary N) is 1. The van der Waals surface area contributed by atoms with Gasteiger partial charge in [0.25, 0.3) is 0 Å². The number of alkyl halides is 3. The normalized spacial score (nSPS) is 20.6. The fourth-order valence-corrected chi connectivity index (χ4v) is 5.60. The van der Waals surface area contributed by atoms with Crippen LogP contribution in [0.5, 0.6) is 0 Å². The van der Waals surface area contributed by atoms with Crippen molar-refractivity contribution in [3.8, 4) is 0 Å². The third kappa shape index (κ3) is 9.02. The van der Waals surface area contributed by atoms with E-state index in [2.05, 4.69) is 5.32 Å². The first-order chi connectivity index (χ1) is 18.5. The average Bonchev–Trinajstić information content (AvgIpc) is 3.18. The third-order valence-corrected chi connectivity index (χ3v) is 7.61. The van der Waals surface area contributed by atoms with Crippen LogP contribution in [0.2, 0.25) is 0 Å². The van der Waals surface area contributed by atoms with Crippen LogP contribution in [0, 0.1) is 11.8 Å². The van der Waals surface area contributed by atoms with Crippen LogP contribution in [-0.4, -0.2) is 70.9 Å². The van der Waals surface area contributed by atoms with Gasteiger partial charge in [-0.25, -0.2) is 9.59 Å². The number of halogens is 3. The Morgan fingerprint density at radius 1 is 1.05 bits per heavy atom. The number of likely N-dealkylation sites (tertiary alicyclic amines) is 2. The molecule has 1 aromatic rings. The number of hydrogen-bond donors (Lipinski definition) is 1. The predicted octanol–water partition coefficient (Wildman–Crippen LogP) is 5.90. The van der Waals surface area contributed by atoms with E-state index in [1.54, 1.807) is 30.6 Å². The lowest BCUT2D eigenvalue weighted by Gasteiger charge is -2.36. The molecule has 3 amide bonds. The van der Waals surface area contributed by atoms with E-state index in [-0.39, 0.29) is 18.4 Å². The molecule has 2 fully saturated rings. The topological polar surface area (TPSA) is 88.2 Å². The quantitative estimate of drug-likeness (QED) is 0.442. The molecule has 0 bridgehead atoms. The molecule has 1 unspecified atom stereocenters. The molecule has 1 N–H and O–H groups in total. The van der Waals surface area contributed by atoms with Crippen molar-refractivity contribution in [2.75, 3.05) is 19.6 Å². The molecule has 2 heterocycles. The molecule has 0 saturated carbocycles. The number of benzene rings is 1. The van der Waals surface area contributed by atoms with Crippen LogP contribution in [0.15, 0.2) is 30.3 Å². The van der Waals surface area contributed by atoms with E-state index < -0.39 is 41.5 Å². The van der Waals surface area contributed by atoms with Crippen LogP contribution in [0.4, 0.5) is 22.8 Å². The molecule has 2 atom stereocenters. The van der Waals surface area contributed by atoms with Crippen LogP contribution < -0.4 is 5.32 Å². The first kappa shape index (κ1) is 31.5. The van der Waals surface area contributed by atoms with E-state index >= 15 is 0 Å². The fraction of sp³-hybridized carbons (Fsp3) is 0.690. The standard InChI is InChI=1S/C29H42F3N3O5/c1-27(2,3)40-26(38)35-18-21(17-28(35,4)5)11-12-23(33-24(36)29(30,31)32)22-13-15-34(16-14-22)25(37)39-19-20-9-7-6-8-10-20/h6-10,21-23H,11-19H2,1-5H3,(H,33,36)/t21-,23?/m0/s1. The summed E-state index contributed by atoms with van der Waals surface area (Å²) in [5.41, 5.74) is -0.231. The Bertz CT molecular complexity index is 1020. The van der Waals surface area contributed by atoms with Crippen molar-refractivity contribution >= 4 is 18.1 Å². The third-order valence-electron chi connectivity index (χ3n) is 7.61. The molecule has 0 spiro atoms. The van der Waals surface area contributed by atoms with Gasteiger partial charge in [0.1, 0.15) is 12.2 Å². The van der Waals surface area contributed by atoms with Gasteiger partial charge in [0.05, 0.1) is 0 Å². The monoisotopic (exact) mass is 569 g/mol. The second kappa shape index (κ2) is 12.7. The van der Waals surface area contributed by atoms with Gasteiger partial charge in [0.2, 0.25) is 0 Å². The summed E-state index contributed by atoms with van der Waals surface area (Å²) in [7, 11) is 0. The number of amides is 3. The van der Waals surface area contributed by atoms with Crippen molar-refractivity contribution in [2.45, 2.75) is 96.7 Å². The van der Waals surface area contributed by atoms with Crippen molar-refractivity contribution in [2.24, 2.45) is 11.8 Å². The minimum atomic E-state index is -4.98. The van der Waals surface area contributed by atoms with Crippen LogP contribution in [0.25, 0.3) is 0 Å². The minimum absolute atomic E-state index is 0.0564. The highest BCUT2D eigenvalue weighted by Crippen LogP contribution is 2.37. The van der Waals surface area contributed by atoms with Gasteiger partial charge in [-0.2, -0.15) is 13.2 Å². The number of nitrogens with zero attached hydrogens (tertiary/aromatic N) is 2. The molecule has 11 heteroatoms. The molecule has 0 aliphatic carbocycles. The summed E-state index contributed by atoms with van der Waals surface area (Å²) in [5.74, 6) is -2.12. The van der Waals surface area contributed by atoms with Crippen molar-refractivity contribution in [1.29, 1.82) is 0 Å². The summed E-state index contributed by atoms with van der Waals surface area (Å²) < 4.78 is 50.4. The van der Waals surface area contributed by atoms with Crippen LogP contribution in [0.1, 0.15) is 72.3 Å². The molecule has 40 heavy (non-hydrogen) atoms. The van der Waals surface area contributed by atoms with Crippen LogP contribution >= 0.6 is 0 Å². The van der Waals surface area contributed by atoms with E-state index in [9.17, 15) is 27.6 Å². The molecule has 0 aromatic heterocycles. The second-order valence-corrected chi connectivity index (χ2v) is 12.5. The maximum absolute atomic E-state index is 13.1. The van der Waals surface area contributed by atoms with Gasteiger partial charge in [-0.3, -0.25) is 4.79 Å². The summed E-state index contributed by atoms with van der Waals surface area (Å²) in [6, 6.07) is 8.58. The van der Waals surface area contributed by atoms with E-state index in [0.717, 1.165) is 5.56 Å².